The first-order chi connectivity index (χ1) is 6.59. The predicted octanol–water partition coefficient (Wildman–Crippen LogP) is 1.55. The number of nitrogens with two attached hydrogens (primary N) is 1. The monoisotopic (exact) mass is 211 g/mol. The quantitative estimate of drug-likeness (QED) is 0.573. The molecule has 0 spiro atoms. The zero-order chi connectivity index (χ0) is 10.6. The average molecular weight is 211 g/mol. The molecule has 0 aliphatic rings. The zero-order valence-electron chi connectivity index (χ0n) is 8.66. The Bertz CT molecular complexity index is 282. The molecule has 1 atom stereocenters. The van der Waals surface area contributed by atoms with Gasteiger partial charge in [0.2, 0.25) is 0 Å². The normalized spacial score (nSPS) is 13.1. The van der Waals surface area contributed by atoms with Gasteiger partial charge in [0.25, 0.3) is 0 Å². The van der Waals surface area contributed by atoms with E-state index in [0.717, 1.165) is 6.42 Å². The molecule has 1 aromatic rings. The first-order valence-corrected chi connectivity index (χ1v) is 5.53. The highest BCUT2D eigenvalue weighted by Crippen LogP contribution is 2.13. The molecule has 0 aliphatic heterocycles. The molecule has 0 aromatic carbocycles. The maximum absolute atomic E-state index is 7.21. The molecule has 1 heterocycles. The van der Waals surface area contributed by atoms with Gasteiger partial charge in [-0.3, -0.25) is 10.3 Å². The van der Waals surface area contributed by atoms with Crippen LogP contribution in [0.25, 0.3) is 0 Å². The lowest BCUT2D eigenvalue weighted by Gasteiger charge is -2.23. The molecule has 3 N–H and O–H groups in total. The standard InChI is InChI=1S/C10H17N3S/c1-8(13(2)7-10(11)12)6-9-4-3-5-14-9/h3-5,8H,6-7H2,1-2H3,(H3,11,12). The smallest absolute Gasteiger partial charge is 0.105 e. The second-order valence-corrected chi connectivity index (χ2v) is 4.61. The summed E-state index contributed by atoms with van der Waals surface area (Å²) in [5.41, 5.74) is 5.35. The minimum absolute atomic E-state index is 0.227. The van der Waals surface area contributed by atoms with Gasteiger partial charge in [0, 0.05) is 10.9 Å². The number of rotatable bonds is 5. The number of hydrogen-bond acceptors (Lipinski definition) is 3. The van der Waals surface area contributed by atoms with Crippen molar-refractivity contribution < 1.29 is 0 Å². The van der Waals surface area contributed by atoms with E-state index in [1.807, 2.05) is 7.05 Å². The molecule has 0 fully saturated rings. The Morgan fingerprint density at radius 3 is 2.93 bits per heavy atom. The van der Waals surface area contributed by atoms with Crippen LogP contribution in [-0.4, -0.2) is 30.4 Å². The van der Waals surface area contributed by atoms with Gasteiger partial charge in [-0.05, 0) is 31.8 Å². The molecular formula is C10H17N3S. The summed E-state index contributed by atoms with van der Waals surface area (Å²) in [5, 5.41) is 9.30. The van der Waals surface area contributed by atoms with Crippen LogP contribution < -0.4 is 5.73 Å². The van der Waals surface area contributed by atoms with Crippen molar-refractivity contribution in [3.63, 3.8) is 0 Å². The minimum Gasteiger partial charge on any atom is -0.387 e. The van der Waals surface area contributed by atoms with Crippen molar-refractivity contribution in [1.82, 2.24) is 4.90 Å². The van der Waals surface area contributed by atoms with Gasteiger partial charge in [-0.15, -0.1) is 11.3 Å². The largest absolute Gasteiger partial charge is 0.387 e. The van der Waals surface area contributed by atoms with Crippen molar-refractivity contribution in [2.45, 2.75) is 19.4 Å². The number of thiophene rings is 1. The second-order valence-electron chi connectivity index (χ2n) is 3.57. The lowest BCUT2D eigenvalue weighted by Crippen LogP contribution is -2.37. The summed E-state index contributed by atoms with van der Waals surface area (Å²) in [5.74, 6) is 0.227. The van der Waals surface area contributed by atoms with Crippen molar-refractivity contribution in [3.05, 3.63) is 22.4 Å². The molecule has 1 rings (SSSR count). The predicted molar refractivity (Wildman–Crippen MR) is 62.0 cm³/mol. The first kappa shape index (κ1) is 11.2. The maximum atomic E-state index is 7.21. The Morgan fingerprint density at radius 2 is 2.43 bits per heavy atom. The first-order valence-electron chi connectivity index (χ1n) is 4.65. The molecule has 0 aliphatic carbocycles. The summed E-state index contributed by atoms with van der Waals surface area (Å²) in [7, 11) is 2.00. The third-order valence-corrected chi connectivity index (χ3v) is 3.15. The molecular weight excluding hydrogens is 194 g/mol. The van der Waals surface area contributed by atoms with E-state index in [2.05, 4.69) is 29.3 Å². The van der Waals surface area contributed by atoms with Gasteiger partial charge < -0.3 is 5.73 Å². The summed E-state index contributed by atoms with van der Waals surface area (Å²) < 4.78 is 0. The van der Waals surface area contributed by atoms with Gasteiger partial charge in [-0.2, -0.15) is 0 Å². The summed E-state index contributed by atoms with van der Waals surface area (Å²) in [6, 6.07) is 4.64. The molecule has 3 nitrogen and oxygen atoms in total. The van der Waals surface area contributed by atoms with Crippen LogP contribution in [0.15, 0.2) is 17.5 Å². The average Bonchev–Trinajstić information content (AvgIpc) is 2.55. The number of likely N-dealkylation sites (N-methyl/N-ethyl adjacent to an activating group) is 1. The highest BCUT2D eigenvalue weighted by Gasteiger charge is 2.10. The van der Waals surface area contributed by atoms with Crippen LogP contribution in [0.3, 0.4) is 0 Å². The third kappa shape index (κ3) is 3.47. The van der Waals surface area contributed by atoms with Crippen molar-refractivity contribution >= 4 is 17.2 Å². The topological polar surface area (TPSA) is 53.1 Å². The van der Waals surface area contributed by atoms with Crippen LogP contribution in [0.1, 0.15) is 11.8 Å². The fourth-order valence-corrected chi connectivity index (χ4v) is 2.13. The van der Waals surface area contributed by atoms with E-state index in [1.54, 1.807) is 11.3 Å². The van der Waals surface area contributed by atoms with E-state index in [9.17, 15) is 0 Å². The number of nitrogens with zero attached hydrogens (tertiary/aromatic N) is 1. The Kier molecular flexibility index (Phi) is 4.10. The van der Waals surface area contributed by atoms with E-state index in [-0.39, 0.29) is 5.84 Å². The van der Waals surface area contributed by atoms with Crippen molar-refractivity contribution in [1.29, 1.82) is 5.41 Å². The Balaban J connectivity index is 2.41. The van der Waals surface area contributed by atoms with Crippen LogP contribution >= 0.6 is 11.3 Å². The van der Waals surface area contributed by atoms with Crippen molar-refractivity contribution in [3.8, 4) is 0 Å². The van der Waals surface area contributed by atoms with Crippen LogP contribution in [0, 0.1) is 5.41 Å². The van der Waals surface area contributed by atoms with Gasteiger partial charge in [-0.1, -0.05) is 6.07 Å². The van der Waals surface area contributed by atoms with Gasteiger partial charge in [0.1, 0.15) is 5.84 Å². The molecule has 0 saturated heterocycles. The molecule has 0 radical (unpaired) electrons. The summed E-state index contributed by atoms with van der Waals surface area (Å²) in [6.07, 6.45) is 1.03. The number of amidine groups is 1. The minimum atomic E-state index is 0.227. The molecule has 14 heavy (non-hydrogen) atoms. The molecule has 78 valence electrons. The summed E-state index contributed by atoms with van der Waals surface area (Å²) in [4.78, 5) is 3.48. The fourth-order valence-electron chi connectivity index (χ4n) is 1.30. The van der Waals surface area contributed by atoms with Crippen molar-refractivity contribution in [2.24, 2.45) is 5.73 Å². The Labute approximate surface area is 89.0 Å². The summed E-state index contributed by atoms with van der Waals surface area (Å²) >= 11 is 1.78. The highest BCUT2D eigenvalue weighted by atomic mass is 32.1. The van der Waals surface area contributed by atoms with E-state index >= 15 is 0 Å². The highest BCUT2D eigenvalue weighted by molar-refractivity contribution is 7.09. The van der Waals surface area contributed by atoms with Crippen LogP contribution in [0.5, 0.6) is 0 Å². The van der Waals surface area contributed by atoms with Gasteiger partial charge in [-0.25, -0.2) is 0 Å². The maximum Gasteiger partial charge on any atom is 0.105 e. The van der Waals surface area contributed by atoms with Gasteiger partial charge in [0.15, 0.2) is 0 Å². The van der Waals surface area contributed by atoms with Crippen LogP contribution in [0.2, 0.25) is 0 Å². The van der Waals surface area contributed by atoms with Gasteiger partial charge >= 0.3 is 0 Å². The zero-order valence-corrected chi connectivity index (χ0v) is 9.47. The lowest BCUT2D eigenvalue weighted by atomic mass is 10.2. The number of nitrogens with one attached hydrogen (secondary N) is 1. The molecule has 0 saturated carbocycles. The van der Waals surface area contributed by atoms with E-state index in [1.165, 1.54) is 4.88 Å². The Hall–Kier alpha value is -0.870. The van der Waals surface area contributed by atoms with Crippen molar-refractivity contribution in [2.75, 3.05) is 13.6 Å². The molecule has 0 bridgehead atoms. The Morgan fingerprint density at radius 1 is 1.71 bits per heavy atom. The summed E-state index contributed by atoms with van der Waals surface area (Å²) in [6.45, 7) is 2.70. The molecule has 1 unspecified atom stereocenters. The molecule has 0 amide bonds. The molecule has 1 aromatic heterocycles. The second kappa shape index (κ2) is 5.12. The fraction of sp³-hybridized carbons (Fsp3) is 0.500. The van der Waals surface area contributed by atoms with E-state index < -0.39 is 0 Å². The van der Waals surface area contributed by atoms with E-state index in [0.29, 0.717) is 12.6 Å². The lowest BCUT2D eigenvalue weighted by molar-refractivity contribution is 0.291. The van der Waals surface area contributed by atoms with E-state index in [4.69, 9.17) is 11.1 Å². The van der Waals surface area contributed by atoms with Gasteiger partial charge in [0.05, 0.1) is 6.54 Å². The molecule has 4 heteroatoms. The SMILES string of the molecule is CC(Cc1cccs1)N(C)CC(=N)N. The van der Waals surface area contributed by atoms with Crippen LogP contribution in [0.4, 0.5) is 0 Å². The van der Waals surface area contributed by atoms with Crippen LogP contribution in [-0.2, 0) is 6.42 Å². The third-order valence-electron chi connectivity index (χ3n) is 2.25. The number of hydrogen-bond donors (Lipinski definition) is 2.